The van der Waals surface area contributed by atoms with Gasteiger partial charge in [-0.2, -0.15) is 0 Å². The molecule has 28 heavy (non-hydrogen) atoms. The van der Waals surface area contributed by atoms with Gasteiger partial charge in [0, 0.05) is 11.1 Å². The van der Waals surface area contributed by atoms with Crippen molar-refractivity contribution in [2.45, 2.75) is 11.9 Å². The SMILES string of the molecule is O=C(O)c1cccc(CN2C(=O)SC(Nc3cccc4ccccc34)C2=O)c1. The van der Waals surface area contributed by atoms with Crippen molar-refractivity contribution in [3.05, 3.63) is 77.9 Å². The van der Waals surface area contributed by atoms with Crippen LogP contribution in [0.1, 0.15) is 15.9 Å². The topological polar surface area (TPSA) is 86.7 Å². The van der Waals surface area contributed by atoms with Gasteiger partial charge < -0.3 is 10.4 Å². The summed E-state index contributed by atoms with van der Waals surface area (Å²) in [6, 6.07) is 19.8. The lowest BCUT2D eigenvalue weighted by Gasteiger charge is -2.16. The summed E-state index contributed by atoms with van der Waals surface area (Å²) in [4.78, 5) is 37.4. The van der Waals surface area contributed by atoms with Crippen LogP contribution in [0.3, 0.4) is 0 Å². The smallest absolute Gasteiger partial charge is 0.335 e. The number of benzene rings is 3. The number of fused-ring (bicyclic) bond motifs is 1. The number of carbonyl (C=O) groups is 3. The molecule has 0 spiro atoms. The third kappa shape index (κ3) is 3.44. The molecule has 1 heterocycles. The predicted molar refractivity (Wildman–Crippen MR) is 108 cm³/mol. The normalized spacial score (nSPS) is 16.6. The van der Waals surface area contributed by atoms with Gasteiger partial charge in [-0.3, -0.25) is 14.5 Å². The van der Waals surface area contributed by atoms with E-state index in [2.05, 4.69) is 5.32 Å². The van der Waals surface area contributed by atoms with Crippen LogP contribution in [0.4, 0.5) is 10.5 Å². The molecule has 0 aliphatic carbocycles. The highest BCUT2D eigenvalue weighted by Crippen LogP contribution is 2.32. The van der Waals surface area contributed by atoms with E-state index in [-0.39, 0.29) is 23.3 Å². The zero-order valence-corrected chi connectivity index (χ0v) is 15.5. The van der Waals surface area contributed by atoms with Crippen LogP contribution in [0.25, 0.3) is 10.8 Å². The Morgan fingerprint density at radius 2 is 1.79 bits per heavy atom. The highest BCUT2D eigenvalue weighted by Gasteiger charge is 2.39. The Hall–Kier alpha value is -3.32. The molecule has 6 nitrogen and oxygen atoms in total. The van der Waals surface area contributed by atoms with Crippen LogP contribution in [0.15, 0.2) is 66.7 Å². The largest absolute Gasteiger partial charge is 0.478 e. The van der Waals surface area contributed by atoms with Gasteiger partial charge in [0.05, 0.1) is 12.1 Å². The van der Waals surface area contributed by atoms with Gasteiger partial charge in [-0.25, -0.2) is 4.79 Å². The first-order valence-electron chi connectivity index (χ1n) is 8.61. The van der Waals surface area contributed by atoms with E-state index in [0.717, 1.165) is 33.1 Å². The number of carbonyl (C=O) groups excluding carboxylic acids is 2. The van der Waals surface area contributed by atoms with Gasteiger partial charge in [0.15, 0.2) is 5.37 Å². The summed E-state index contributed by atoms with van der Waals surface area (Å²) in [6.07, 6.45) is 0. The zero-order chi connectivity index (χ0) is 19.7. The van der Waals surface area contributed by atoms with Crippen molar-refractivity contribution in [1.29, 1.82) is 0 Å². The first-order chi connectivity index (χ1) is 13.5. The number of nitrogens with one attached hydrogen (secondary N) is 1. The molecule has 1 unspecified atom stereocenters. The van der Waals surface area contributed by atoms with Crippen LogP contribution in [-0.4, -0.2) is 32.5 Å². The zero-order valence-electron chi connectivity index (χ0n) is 14.7. The molecular formula is C21H16N2O4S. The number of hydrogen-bond acceptors (Lipinski definition) is 5. The number of carboxylic acids is 1. The van der Waals surface area contributed by atoms with Crippen LogP contribution in [0.2, 0.25) is 0 Å². The van der Waals surface area contributed by atoms with Crippen LogP contribution < -0.4 is 5.32 Å². The molecule has 1 fully saturated rings. The average molecular weight is 392 g/mol. The number of anilines is 1. The number of aromatic carboxylic acids is 1. The number of carboxylic acid groups (broad SMARTS) is 1. The standard InChI is InChI=1S/C21H16N2O4S/c24-19-18(22-17-10-4-7-14-6-1-2-9-16(14)17)28-21(27)23(19)12-13-5-3-8-15(11-13)20(25)26/h1-11,18,22H,12H2,(H,25,26). The van der Waals surface area contributed by atoms with E-state index in [1.54, 1.807) is 12.1 Å². The van der Waals surface area contributed by atoms with Crippen molar-refractivity contribution >= 4 is 45.3 Å². The summed E-state index contributed by atoms with van der Waals surface area (Å²) in [5.41, 5.74) is 1.49. The van der Waals surface area contributed by atoms with Crippen molar-refractivity contribution in [3.63, 3.8) is 0 Å². The molecule has 4 rings (SSSR count). The Labute approximate surface area is 165 Å². The molecule has 0 aromatic heterocycles. The first kappa shape index (κ1) is 18.1. The lowest BCUT2D eigenvalue weighted by Crippen LogP contribution is -2.34. The molecule has 140 valence electrons. The molecule has 2 amide bonds. The maximum Gasteiger partial charge on any atom is 0.335 e. The van der Waals surface area contributed by atoms with E-state index in [1.165, 1.54) is 12.1 Å². The molecule has 3 aromatic carbocycles. The molecule has 1 saturated heterocycles. The van der Waals surface area contributed by atoms with Gasteiger partial charge >= 0.3 is 5.97 Å². The fraction of sp³-hybridized carbons (Fsp3) is 0.0952. The summed E-state index contributed by atoms with van der Waals surface area (Å²) >= 11 is 0.925. The lowest BCUT2D eigenvalue weighted by atomic mass is 10.1. The highest BCUT2D eigenvalue weighted by atomic mass is 32.2. The highest BCUT2D eigenvalue weighted by molar-refractivity contribution is 8.15. The van der Waals surface area contributed by atoms with E-state index in [1.807, 2.05) is 42.5 Å². The summed E-state index contributed by atoms with van der Waals surface area (Å²) < 4.78 is 0. The molecule has 0 radical (unpaired) electrons. The Morgan fingerprint density at radius 1 is 1.04 bits per heavy atom. The fourth-order valence-electron chi connectivity index (χ4n) is 3.16. The summed E-state index contributed by atoms with van der Waals surface area (Å²) in [5, 5.41) is 13.2. The second kappa shape index (κ2) is 7.36. The lowest BCUT2D eigenvalue weighted by molar-refractivity contribution is -0.126. The summed E-state index contributed by atoms with van der Waals surface area (Å²) in [7, 11) is 0. The number of hydrogen-bond donors (Lipinski definition) is 2. The molecule has 2 N–H and O–H groups in total. The number of thioether (sulfide) groups is 1. The van der Waals surface area contributed by atoms with E-state index in [9.17, 15) is 14.4 Å². The van der Waals surface area contributed by atoms with Crippen LogP contribution >= 0.6 is 11.8 Å². The van der Waals surface area contributed by atoms with Crippen molar-refractivity contribution in [2.24, 2.45) is 0 Å². The second-order valence-electron chi connectivity index (χ2n) is 6.36. The Balaban J connectivity index is 1.54. The predicted octanol–water partition coefficient (Wildman–Crippen LogP) is 4.17. The third-order valence-electron chi connectivity index (χ3n) is 4.52. The molecule has 7 heteroatoms. The Morgan fingerprint density at radius 3 is 2.61 bits per heavy atom. The van der Waals surface area contributed by atoms with Crippen molar-refractivity contribution in [1.82, 2.24) is 4.90 Å². The van der Waals surface area contributed by atoms with E-state index < -0.39 is 11.3 Å². The maximum absolute atomic E-state index is 12.8. The number of nitrogens with zero attached hydrogens (tertiary/aromatic N) is 1. The van der Waals surface area contributed by atoms with Gasteiger partial charge in [0.2, 0.25) is 0 Å². The summed E-state index contributed by atoms with van der Waals surface area (Å²) in [6.45, 7) is 0.0412. The molecule has 0 bridgehead atoms. The molecular weight excluding hydrogens is 376 g/mol. The number of amides is 2. The molecule has 3 aromatic rings. The number of rotatable bonds is 5. The fourth-order valence-corrected chi connectivity index (χ4v) is 4.06. The minimum Gasteiger partial charge on any atom is -0.478 e. The average Bonchev–Trinajstić information content (AvgIpc) is 2.96. The van der Waals surface area contributed by atoms with Crippen molar-refractivity contribution in [3.8, 4) is 0 Å². The molecule has 1 aliphatic heterocycles. The van der Waals surface area contributed by atoms with Crippen LogP contribution in [0, 0.1) is 0 Å². The minimum atomic E-state index is -1.05. The third-order valence-corrected chi connectivity index (χ3v) is 5.50. The number of imide groups is 1. The van der Waals surface area contributed by atoms with Crippen LogP contribution in [-0.2, 0) is 11.3 Å². The molecule has 1 atom stereocenters. The van der Waals surface area contributed by atoms with E-state index in [0.29, 0.717) is 5.56 Å². The Kier molecular flexibility index (Phi) is 4.75. The second-order valence-corrected chi connectivity index (χ2v) is 7.42. The van der Waals surface area contributed by atoms with E-state index in [4.69, 9.17) is 5.11 Å². The van der Waals surface area contributed by atoms with E-state index >= 15 is 0 Å². The van der Waals surface area contributed by atoms with Gasteiger partial charge in [-0.15, -0.1) is 0 Å². The van der Waals surface area contributed by atoms with Gasteiger partial charge in [0.1, 0.15) is 0 Å². The van der Waals surface area contributed by atoms with Crippen LogP contribution in [0.5, 0.6) is 0 Å². The van der Waals surface area contributed by atoms with Gasteiger partial charge in [0.25, 0.3) is 11.1 Å². The first-order valence-corrected chi connectivity index (χ1v) is 9.49. The minimum absolute atomic E-state index is 0.0412. The van der Waals surface area contributed by atoms with Gasteiger partial charge in [-0.05, 0) is 40.9 Å². The van der Waals surface area contributed by atoms with Gasteiger partial charge in [-0.1, -0.05) is 48.5 Å². The Bertz CT molecular complexity index is 1090. The molecule has 0 saturated carbocycles. The monoisotopic (exact) mass is 392 g/mol. The quantitative estimate of drug-likeness (QED) is 0.678. The summed E-state index contributed by atoms with van der Waals surface area (Å²) in [5.74, 6) is -1.39. The van der Waals surface area contributed by atoms with Crippen molar-refractivity contribution < 1.29 is 19.5 Å². The molecule has 1 aliphatic rings. The maximum atomic E-state index is 12.8. The van der Waals surface area contributed by atoms with Crippen molar-refractivity contribution in [2.75, 3.05) is 5.32 Å².